The Morgan fingerprint density at radius 1 is 1.06 bits per heavy atom. The lowest BCUT2D eigenvalue weighted by molar-refractivity contribution is -0.140. The van der Waals surface area contributed by atoms with Crippen LogP contribution < -0.4 is 10.1 Å². The van der Waals surface area contributed by atoms with Gasteiger partial charge in [-0.05, 0) is 56.0 Å². The molecule has 2 rings (SSSR count). The Balaban J connectivity index is 2.03. The number of ether oxygens (including phenoxy) is 1. The van der Waals surface area contributed by atoms with E-state index < -0.39 is 6.04 Å². The van der Waals surface area contributed by atoms with E-state index in [0.717, 1.165) is 16.9 Å². The van der Waals surface area contributed by atoms with Crippen LogP contribution in [0.5, 0.6) is 5.75 Å². The van der Waals surface area contributed by atoms with Crippen LogP contribution >= 0.6 is 23.2 Å². The van der Waals surface area contributed by atoms with Crippen molar-refractivity contribution in [2.45, 2.75) is 53.1 Å². The number of carbonyl (C=O) groups is 2. The van der Waals surface area contributed by atoms with Crippen molar-refractivity contribution in [3.8, 4) is 5.75 Å². The van der Waals surface area contributed by atoms with Gasteiger partial charge in [0.15, 0.2) is 0 Å². The monoisotopic (exact) mass is 478 g/mol. The van der Waals surface area contributed by atoms with Crippen molar-refractivity contribution in [1.82, 2.24) is 10.2 Å². The molecule has 0 aromatic heterocycles. The lowest BCUT2D eigenvalue weighted by atomic mass is 10.1. The molecule has 1 atom stereocenters. The van der Waals surface area contributed by atoms with Crippen molar-refractivity contribution in [3.05, 3.63) is 63.6 Å². The molecule has 2 aromatic carbocycles. The van der Waals surface area contributed by atoms with Crippen LogP contribution in [-0.4, -0.2) is 35.9 Å². The van der Waals surface area contributed by atoms with Gasteiger partial charge in [0.2, 0.25) is 11.8 Å². The number of hydrogen-bond acceptors (Lipinski definition) is 3. The summed E-state index contributed by atoms with van der Waals surface area (Å²) in [5, 5.41) is 3.89. The molecule has 2 aromatic rings. The van der Waals surface area contributed by atoms with Crippen molar-refractivity contribution in [2.75, 3.05) is 13.2 Å². The lowest BCUT2D eigenvalue weighted by Crippen LogP contribution is -2.48. The van der Waals surface area contributed by atoms with Crippen LogP contribution in [0.25, 0.3) is 0 Å². The van der Waals surface area contributed by atoms with Crippen LogP contribution in [-0.2, 0) is 16.1 Å². The number of rotatable bonds is 11. The average molecular weight is 479 g/mol. The fraction of sp³-hybridized carbons (Fsp3) is 0.440. The molecule has 0 aliphatic rings. The molecule has 7 heteroatoms. The summed E-state index contributed by atoms with van der Waals surface area (Å²) < 4.78 is 5.73. The Kier molecular flexibility index (Phi) is 10.3. The number of nitrogens with zero attached hydrogens (tertiary/aromatic N) is 1. The van der Waals surface area contributed by atoms with Crippen LogP contribution in [0.1, 0.15) is 44.7 Å². The highest BCUT2D eigenvalue weighted by atomic mass is 35.5. The van der Waals surface area contributed by atoms with Gasteiger partial charge in [-0.1, -0.05) is 60.8 Å². The zero-order valence-corrected chi connectivity index (χ0v) is 20.7. The summed E-state index contributed by atoms with van der Waals surface area (Å²) in [5.41, 5.74) is 1.90. The van der Waals surface area contributed by atoms with Crippen molar-refractivity contribution >= 4 is 35.0 Å². The van der Waals surface area contributed by atoms with Crippen LogP contribution in [0.2, 0.25) is 10.0 Å². The van der Waals surface area contributed by atoms with Crippen molar-refractivity contribution in [3.63, 3.8) is 0 Å². The molecule has 2 amide bonds. The number of amides is 2. The first-order chi connectivity index (χ1) is 15.2. The van der Waals surface area contributed by atoms with Gasteiger partial charge in [-0.25, -0.2) is 0 Å². The smallest absolute Gasteiger partial charge is 0.242 e. The summed E-state index contributed by atoms with van der Waals surface area (Å²) in [5.74, 6) is 0.776. The van der Waals surface area contributed by atoms with Gasteiger partial charge in [0.25, 0.3) is 0 Å². The van der Waals surface area contributed by atoms with Gasteiger partial charge in [-0.2, -0.15) is 0 Å². The minimum atomic E-state index is -0.633. The third-order valence-electron chi connectivity index (χ3n) is 5.03. The Morgan fingerprint density at radius 2 is 1.75 bits per heavy atom. The van der Waals surface area contributed by atoms with Gasteiger partial charge < -0.3 is 15.0 Å². The summed E-state index contributed by atoms with van der Waals surface area (Å²) in [4.78, 5) is 27.3. The molecular formula is C25H32Cl2N2O3. The molecule has 0 aliphatic heterocycles. The Hall–Kier alpha value is -2.24. The fourth-order valence-corrected chi connectivity index (χ4v) is 3.53. The molecule has 0 spiro atoms. The summed E-state index contributed by atoms with van der Waals surface area (Å²) >= 11 is 12.3. The van der Waals surface area contributed by atoms with Crippen molar-refractivity contribution in [1.29, 1.82) is 0 Å². The van der Waals surface area contributed by atoms with Crippen molar-refractivity contribution in [2.24, 2.45) is 5.92 Å². The zero-order chi connectivity index (χ0) is 23.7. The van der Waals surface area contributed by atoms with Gasteiger partial charge in [-0.15, -0.1) is 0 Å². The number of hydrogen-bond donors (Lipinski definition) is 1. The molecule has 0 fully saturated rings. The third-order valence-corrected chi connectivity index (χ3v) is 5.62. The van der Waals surface area contributed by atoms with Crippen LogP contribution in [0, 0.1) is 12.8 Å². The normalized spacial score (nSPS) is 11.8. The molecule has 1 unspecified atom stereocenters. The summed E-state index contributed by atoms with van der Waals surface area (Å²) in [6.45, 7) is 8.99. The molecule has 0 aliphatic carbocycles. The SMILES string of the molecule is Cc1ccc(OCCCC(=O)N(Cc2ccc(Cl)cc2Cl)C(C)C(=O)NCC(C)C)cc1. The molecule has 32 heavy (non-hydrogen) atoms. The van der Waals surface area contributed by atoms with Crippen LogP contribution in [0.4, 0.5) is 0 Å². The first-order valence-corrected chi connectivity index (χ1v) is 11.6. The molecule has 174 valence electrons. The maximum atomic E-state index is 13.1. The fourth-order valence-electron chi connectivity index (χ4n) is 3.06. The van der Waals surface area contributed by atoms with E-state index >= 15 is 0 Å². The van der Waals surface area contributed by atoms with Gasteiger partial charge >= 0.3 is 0 Å². The number of carbonyl (C=O) groups excluding carboxylic acids is 2. The molecule has 0 saturated carbocycles. The molecule has 5 nitrogen and oxygen atoms in total. The first kappa shape index (κ1) is 26.0. The second kappa shape index (κ2) is 12.7. The summed E-state index contributed by atoms with van der Waals surface area (Å²) in [6.07, 6.45) is 0.802. The first-order valence-electron chi connectivity index (χ1n) is 10.9. The van der Waals surface area contributed by atoms with E-state index in [-0.39, 0.29) is 24.8 Å². The maximum Gasteiger partial charge on any atom is 0.242 e. The van der Waals surface area contributed by atoms with E-state index in [1.165, 1.54) is 0 Å². The van der Waals surface area contributed by atoms with E-state index in [0.29, 0.717) is 35.5 Å². The van der Waals surface area contributed by atoms with Crippen LogP contribution in [0.3, 0.4) is 0 Å². The topological polar surface area (TPSA) is 58.6 Å². The molecule has 1 N–H and O–H groups in total. The standard InChI is InChI=1S/C25H32Cl2N2O3/c1-17(2)15-28-25(31)19(4)29(16-20-9-10-21(26)14-23(20)27)24(30)6-5-13-32-22-11-7-18(3)8-12-22/h7-12,14,17,19H,5-6,13,15-16H2,1-4H3,(H,28,31). The average Bonchev–Trinajstić information content (AvgIpc) is 2.75. The third kappa shape index (κ3) is 8.36. The quantitative estimate of drug-likeness (QED) is 0.424. The molecule has 0 saturated heterocycles. The second-order valence-electron chi connectivity index (χ2n) is 8.34. The molecular weight excluding hydrogens is 447 g/mol. The van der Waals surface area contributed by atoms with Gasteiger partial charge in [0.1, 0.15) is 11.8 Å². The lowest BCUT2D eigenvalue weighted by Gasteiger charge is -2.29. The predicted octanol–water partition coefficient (Wildman–Crippen LogP) is 5.65. The molecule has 0 heterocycles. The van der Waals surface area contributed by atoms with Gasteiger partial charge in [0.05, 0.1) is 6.61 Å². The van der Waals surface area contributed by atoms with E-state index in [9.17, 15) is 9.59 Å². The Morgan fingerprint density at radius 3 is 2.38 bits per heavy atom. The highest BCUT2D eigenvalue weighted by molar-refractivity contribution is 6.35. The minimum absolute atomic E-state index is 0.129. The van der Waals surface area contributed by atoms with Crippen LogP contribution in [0.15, 0.2) is 42.5 Å². The van der Waals surface area contributed by atoms with Crippen molar-refractivity contribution < 1.29 is 14.3 Å². The Labute approximate surface area is 201 Å². The summed E-state index contributed by atoms with van der Waals surface area (Å²) in [6, 6.07) is 12.3. The molecule has 0 bridgehead atoms. The minimum Gasteiger partial charge on any atom is -0.494 e. The van der Waals surface area contributed by atoms with E-state index in [4.69, 9.17) is 27.9 Å². The van der Waals surface area contributed by atoms with E-state index in [2.05, 4.69) is 5.32 Å². The Bertz CT molecular complexity index is 901. The number of benzene rings is 2. The van der Waals surface area contributed by atoms with E-state index in [1.807, 2.05) is 45.0 Å². The summed E-state index contributed by atoms with van der Waals surface area (Å²) in [7, 11) is 0. The highest BCUT2D eigenvalue weighted by Crippen LogP contribution is 2.23. The van der Waals surface area contributed by atoms with Gasteiger partial charge in [0, 0.05) is 29.6 Å². The van der Waals surface area contributed by atoms with Gasteiger partial charge in [-0.3, -0.25) is 9.59 Å². The number of nitrogens with one attached hydrogen (secondary N) is 1. The second-order valence-corrected chi connectivity index (χ2v) is 9.18. The predicted molar refractivity (Wildman–Crippen MR) is 130 cm³/mol. The maximum absolute atomic E-state index is 13.1. The largest absolute Gasteiger partial charge is 0.494 e. The van der Waals surface area contributed by atoms with E-state index in [1.54, 1.807) is 30.0 Å². The molecule has 0 radical (unpaired) electrons. The highest BCUT2D eigenvalue weighted by Gasteiger charge is 2.26. The number of halogens is 2. The zero-order valence-electron chi connectivity index (χ0n) is 19.2. The number of aryl methyl sites for hydroxylation is 1.